The molecule has 4 heterocycles. The van der Waals surface area contributed by atoms with Crippen LogP contribution in [0.15, 0.2) is 34.7 Å². The van der Waals surface area contributed by atoms with Crippen LogP contribution in [0.25, 0.3) is 0 Å². The van der Waals surface area contributed by atoms with Crippen molar-refractivity contribution in [2.45, 2.75) is 31.9 Å². The van der Waals surface area contributed by atoms with Crippen LogP contribution in [0.2, 0.25) is 0 Å². The van der Waals surface area contributed by atoms with E-state index in [4.69, 9.17) is 28.5 Å². The Hall–Kier alpha value is -3.24. The van der Waals surface area contributed by atoms with Crippen molar-refractivity contribution in [1.82, 2.24) is 10.2 Å². The second kappa shape index (κ2) is 11.8. The van der Waals surface area contributed by atoms with Crippen LogP contribution < -0.4 is 19.7 Å². The maximum absolute atomic E-state index is 12.6. The third-order valence-electron chi connectivity index (χ3n) is 6.00. The molecule has 5 rings (SSSR count). The molecule has 2 aromatic rings. The average Bonchev–Trinajstić information content (AvgIpc) is 3.59. The highest BCUT2D eigenvalue weighted by Crippen LogP contribution is 2.32. The van der Waals surface area contributed by atoms with Crippen LogP contribution in [0, 0.1) is 0 Å². The van der Waals surface area contributed by atoms with Crippen molar-refractivity contribution < 1.29 is 33.3 Å². The van der Waals surface area contributed by atoms with Crippen LogP contribution in [0.1, 0.15) is 35.4 Å². The highest BCUT2D eigenvalue weighted by Gasteiger charge is 2.22. The first-order valence-corrected chi connectivity index (χ1v) is 11.6. The van der Waals surface area contributed by atoms with Gasteiger partial charge in [-0.05, 0) is 43.5 Å². The van der Waals surface area contributed by atoms with Gasteiger partial charge in [0.05, 0.1) is 12.6 Å². The maximum atomic E-state index is 12.6. The number of nitrogens with one attached hydrogen (secondary N) is 1. The molecular formula is C24H31N3O7. The number of amides is 1. The number of furan rings is 1. The van der Waals surface area contributed by atoms with E-state index >= 15 is 0 Å². The normalized spacial score (nSPS) is 19.8. The number of carboxylic acid groups (broad SMARTS) is 1. The molecule has 1 aromatic heterocycles. The van der Waals surface area contributed by atoms with Gasteiger partial charge < -0.3 is 34.0 Å². The number of benzene rings is 1. The summed E-state index contributed by atoms with van der Waals surface area (Å²) in [5, 5.41) is 9.89. The van der Waals surface area contributed by atoms with Crippen LogP contribution >= 0.6 is 0 Å². The molecule has 10 heteroatoms. The molecule has 0 radical (unpaired) electrons. The van der Waals surface area contributed by atoms with Crippen LogP contribution in [0.5, 0.6) is 11.5 Å². The number of hydrogen-bond donors (Lipinski definition) is 2. The minimum absolute atomic E-state index is 0.0616. The number of carbonyl (C=O) groups is 2. The summed E-state index contributed by atoms with van der Waals surface area (Å²) in [5.41, 5.74) is 0.555. The zero-order chi connectivity index (χ0) is 23.8. The molecule has 34 heavy (non-hydrogen) atoms. The lowest BCUT2D eigenvalue weighted by atomic mass is 10.2. The number of carbonyl (C=O) groups excluding carboxylic acids is 1. The van der Waals surface area contributed by atoms with E-state index in [1.165, 1.54) is 12.8 Å². The fourth-order valence-corrected chi connectivity index (χ4v) is 4.36. The lowest BCUT2D eigenvalue weighted by molar-refractivity contribution is -0.122. The molecule has 1 aromatic carbocycles. The molecule has 1 amide bonds. The molecule has 0 aliphatic carbocycles. The van der Waals surface area contributed by atoms with Gasteiger partial charge in [-0.15, -0.1) is 0 Å². The molecule has 0 spiro atoms. The van der Waals surface area contributed by atoms with Crippen molar-refractivity contribution in [3.8, 4) is 11.5 Å². The topological polar surface area (TPSA) is 114 Å². The summed E-state index contributed by atoms with van der Waals surface area (Å²) >= 11 is 0. The summed E-state index contributed by atoms with van der Waals surface area (Å²) in [6, 6.07) is 9.39. The molecule has 10 nitrogen and oxygen atoms in total. The lowest BCUT2D eigenvalue weighted by Gasteiger charge is -2.23. The molecule has 2 saturated heterocycles. The van der Waals surface area contributed by atoms with Crippen molar-refractivity contribution in [3.63, 3.8) is 0 Å². The van der Waals surface area contributed by atoms with Crippen LogP contribution in [-0.2, 0) is 16.1 Å². The number of nitrogens with zero attached hydrogens (tertiary/aromatic N) is 2. The van der Waals surface area contributed by atoms with E-state index in [2.05, 4.69) is 27.2 Å². The first kappa shape index (κ1) is 23.9. The lowest BCUT2D eigenvalue weighted by Crippen LogP contribution is -2.40. The Balaban J connectivity index is 0.000000868. The fourth-order valence-electron chi connectivity index (χ4n) is 4.36. The number of anilines is 1. The highest BCUT2D eigenvalue weighted by molar-refractivity contribution is 5.94. The molecule has 2 fully saturated rings. The summed E-state index contributed by atoms with van der Waals surface area (Å²) in [6.07, 6.45) is 3.37. The monoisotopic (exact) mass is 473 g/mol. The molecule has 3 aliphatic heterocycles. The molecule has 0 saturated carbocycles. The van der Waals surface area contributed by atoms with Gasteiger partial charge in [-0.3, -0.25) is 14.5 Å². The van der Waals surface area contributed by atoms with Gasteiger partial charge in [-0.25, -0.2) is 0 Å². The SMILES string of the molecule is O=C(NCC1CN(Cc2ccc(N3CCCC3)o2)CCCO1)c1ccc2c(c1)OCO2.O=CO. The molecule has 0 bridgehead atoms. The molecule has 2 N–H and O–H groups in total. The molecule has 1 atom stereocenters. The summed E-state index contributed by atoms with van der Waals surface area (Å²) in [7, 11) is 0. The summed E-state index contributed by atoms with van der Waals surface area (Å²) < 4.78 is 22.7. The Labute approximate surface area is 198 Å². The van der Waals surface area contributed by atoms with E-state index in [0.29, 0.717) is 30.2 Å². The molecule has 3 aliphatic rings. The average molecular weight is 474 g/mol. The van der Waals surface area contributed by atoms with Crippen molar-refractivity contribution in [2.24, 2.45) is 0 Å². The van der Waals surface area contributed by atoms with Gasteiger partial charge in [0.1, 0.15) is 5.76 Å². The molecule has 184 valence electrons. The van der Waals surface area contributed by atoms with Crippen LogP contribution in [0.4, 0.5) is 5.88 Å². The van der Waals surface area contributed by atoms with Gasteiger partial charge in [0.15, 0.2) is 17.4 Å². The van der Waals surface area contributed by atoms with Crippen molar-refractivity contribution >= 4 is 18.3 Å². The molecular weight excluding hydrogens is 442 g/mol. The Morgan fingerprint density at radius 3 is 2.71 bits per heavy atom. The quantitative estimate of drug-likeness (QED) is 0.610. The maximum Gasteiger partial charge on any atom is 0.290 e. The van der Waals surface area contributed by atoms with Crippen molar-refractivity contribution in [2.75, 3.05) is 51.0 Å². The number of rotatable bonds is 6. The minimum atomic E-state index is -0.250. The van der Waals surface area contributed by atoms with Crippen molar-refractivity contribution in [1.29, 1.82) is 0 Å². The van der Waals surface area contributed by atoms with Gasteiger partial charge in [-0.1, -0.05) is 0 Å². The number of fused-ring (bicyclic) bond motifs is 1. The smallest absolute Gasteiger partial charge is 0.290 e. The predicted octanol–water partition coefficient (Wildman–Crippen LogP) is 2.33. The predicted molar refractivity (Wildman–Crippen MR) is 123 cm³/mol. The fraction of sp³-hybridized carbons (Fsp3) is 0.500. The Morgan fingerprint density at radius 2 is 1.88 bits per heavy atom. The Morgan fingerprint density at radius 1 is 1.09 bits per heavy atom. The summed E-state index contributed by atoms with van der Waals surface area (Å²) in [4.78, 5) is 25.6. The zero-order valence-corrected chi connectivity index (χ0v) is 19.1. The van der Waals surface area contributed by atoms with E-state index in [9.17, 15) is 4.79 Å². The standard InChI is InChI=1S/C23H29N3O5.CH2O2/c27-23(17-4-6-20-21(12-17)30-16-29-20)24-13-19-15-25(8-3-11-28-19)14-18-5-7-22(31-18)26-9-1-2-10-26;2-1-3/h4-7,12,19H,1-3,8-11,13-16H2,(H,24,27);1H,(H,2,3). The largest absolute Gasteiger partial charge is 0.483 e. The van der Waals surface area contributed by atoms with Gasteiger partial charge in [0, 0.05) is 51.0 Å². The van der Waals surface area contributed by atoms with E-state index < -0.39 is 0 Å². The third-order valence-corrected chi connectivity index (χ3v) is 6.00. The zero-order valence-electron chi connectivity index (χ0n) is 19.1. The van der Waals surface area contributed by atoms with Crippen molar-refractivity contribution in [3.05, 3.63) is 41.7 Å². The number of ether oxygens (including phenoxy) is 3. The first-order valence-electron chi connectivity index (χ1n) is 11.6. The van der Waals surface area contributed by atoms with Crippen LogP contribution in [-0.4, -0.2) is 74.6 Å². The second-order valence-electron chi connectivity index (χ2n) is 8.40. The van der Waals surface area contributed by atoms with Gasteiger partial charge in [0.2, 0.25) is 6.79 Å². The number of hydrogen-bond acceptors (Lipinski definition) is 8. The van der Waals surface area contributed by atoms with Crippen LogP contribution in [0.3, 0.4) is 0 Å². The van der Waals surface area contributed by atoms with E-state index in [1.54, 1.807) is 18.2 Å². The third kappa shape index (κ3) is 6.21. The molecule has 1 unspecified atom stereocenters. The minimum Gasteiger partial charge on any atom is -0.483 e. The second-order valence-corrected chi connectivity index (χ2v) is 8.40. The van der Waals surface area contributed by atoms with E-state index in [1.807, 2.05) is 0 Å². The van der Waals surface area contributed by atoms with Gasteiger partial charge in [0.25, 0.3) is 12.4 Å². The Bertz CT molecular complexity index is 958. The Kier molecular flexibility index (Phi) is 8.26. The summed E-state index contributed by atoms with van der Waals surface area (Å²) in [6.45, 7) is 5.71. The summed E-state index contributed by atoms with van der Waals surface area (Å²) in [5.74, 6) is 3.10. The van der Waals surface area contributed by atoms with E-state index in [-0.39, 0.29) is 25.3 Å². The highest BCUT2D eigenvalue weighted by atomic mass is 16.7. The van der Waals surface area contributed by atoms with E-state index in [0.717, 1.165) is 50.8 Å². The van der Waals surface area contributed by atoms with Gasteiger partial charge in [-0.2, -0.15) is 0 Å². The first-order chi connectivity index (χ1) is 16.7. The van der Waals surface area contributed by atoms with Gasteiger partial charge >= 0.3 is 0 Å².